The van der Waals surface area contributed by atoms with Gasteiger partial charge in [0, 0.05) is 30.2 Å². The van der Waals surface area contributed by atoms with E-state index in [0.717, 1.165) is 23.1 Å². The minimum Gasteiger partial charge on any atom is -0.351 e. The summed E-state index contributed by atoms with van der Waals surface area (Å²) in [6.07, 6.45) is 4.40. The first-order chi connectivity index (χ1) is 12.7. The van der Waals surface area contributed by atoms with E-state index in [1.54, 1.807) is 24.7 Å². The fourth-order valence-corrected chi connectivity index (χ4v) is 3.68. The molecule has 1 aliphatic rings. The normalized spacial score (nSPS) is 17.4. The highest BCUT2D eigenvalue weighted by atomic mass is 19.1. The molecular weight excluding hydrogens is 333 g/mol. The molecule has 1 aromatic carbocycles. The third-order valence-corrected chi connectivity index (χ3v) is 4.99. The fourth-order valence-electron chi connectivity index (χ4n) is 3.68. The monoisotopic (exact) mass is 349 g/mol. The zero-order chi connectivity index (χ0) is 17.7. The Morgan fingerprint density at radius 1 is 1.23 bits per heavy atom. The zero-order valence-corrected chi connectivity index (χ0v) is 13.9. The van der Waals surface area contributed by atoms with E-state index in [1.165, 1.54) is 12.1 Å². The summed E-state index contributed by atoms with van der Waals surface area (Å²) in [5.41, 5.74) is 2.94. The SMILES string of the molecule is O=C(c1cc2cc(F)ccc2[nH]1)N1CCC(n2cnc3cccnc32)C1. The van der Waals surface area contributed by atoms with Crippen LogP contribution in [0.3, 0.4) is 0 Å². The van der Waals surface area contributed by atoms with Gasteiger partial charge in [0.1, 0.15) is 17.0 Å². The maximum Gasteiger partial charge on any atom is 0.270 e. The number of hydrogen-bond acceptors (Lipinski definition) is 3. The number of carbonyl (C=O) groups is 1. The van der Waals surface area contributed by atoms with Gasteiger partial charge in [-0.25, -0.2) is 14.4 Å². The number of carbonyl (C=O) groups excluding carboxylic acids is 1. The number of benzene rings is 1. The highest BCUT2D eigenvalue weighted by Crippen LogP contribution is 2.26. The molecule has 5 rings (SSSR count). The van der Waals surface area contributed by atoms with Gasteiger partial charge in [-0.3, -0.25) is 4.79 Å². The van der Waals surface area contributed by atoms with Crippen molar-refractivity contribution >= 4 is 28.0 Å². The second-order valence-corrected chi connectivity index (χ2v) is 6.61. The molecule has 1 aliphatic heterocycles. The van der Waals surface area contributed by atoms with E-state index in [2.05, 4.69) is 15.0 Å². The number of hydrogen-bond donors (Lipinski definition) is 1. The summed E-state index contributed by atoms with van der Waals surface area (Å²) in [6, 6.07) is 10.1. The summed E-state index contributed by atoms with van der Waals surface area (Å²) < 4.78 is 15.4. The summed E-state index contributed by atoms with van der Waals surface area (Å²) in [7, 11) is 0. The van der Waals surface area contributed by atoms with Crippen LogP contribution < -0.4 is 0 Å². The number of nitrogens with one attached hydrogen (secondary N) is 1. The summed E-state index contributed by atoms with van der Waals surface area (Å²) in [4.78, 5) is 26.5. The average Bonchev–Trinajstić information content (AvgIpc) is 3.37. The smallest absolute Gasteiger partial charge is 0.270 e. The summed E-state index contributed by atoms with van der Waals surface area (Å²) in [5, 5.41) is 0.703. The number of amides is 1. The Kier molecular flexibility index (Phi) is 3.28. The maximum atomic E-state index is 13.4. The molecule has 0 bridgehead atoms. The van der Waals surface area contributed by atoms with Gasteiger partial charge >= 0.3 is 0 Å². The van der Waals surface area contributed by atoms with Gasteiger partial charge in [-0.1, -0.05) is 0 Å². The highest BCUT2D eigenvalue weighted by molar-refractivity contribution is 5.98. The second-order valence-electron chi connectivity index (χ2n) is 6.61. The van der Waals surface area contributed by atoms with E-state index < -0.39 is 0 Å². The van der Waals surface area contributed by atoms with Crippen LogP contribution in [0.5, 0.6) is 0 Å². The maximum absolute atomic E-state index is 13.4. The molecule has 4 aromatic rings. The first-order valence-electron chi connectivity index (χ1n) is 8.54. The molecule has 0 spiro atoms. The van der Waals surface area contributed by atoms with Crippen LogP contribution in [0.1, 0.15) is 23.0 Å². The van der Waals surface area contributed by atoms with E-state index in [0.29, 0.717) is 24.2 Å². The largest absolute Gasteiger partial charge is 0.351 e. The predicted molar refractivity (Wildman–Crippen MR) is 95.3 cm³/mol. The summed E-state index contributed by atoms with van der Waals surface area (Å²) in [5.74, 6) is -0.377. The number of aromatic amines is 1. The van der Waals surface area contributed by atoms with Crippen molar-refractivity contribution in [1.82, 2.24) is 24.4 Å². The van der Waals surface area contributed by atoms with Gasteiger partial charge in [-0.15, -0.1) is 0 Å². The lowest BCUT2D eigenvalue weighted by atomic mass is 10.2. The van der Waals surface area contributed by atoms with Gasteiger partial charge in [-0.2, -0.15) is 0 Å². The molecule has 6 nitrogen and oxygen atoms in total. The number of nitrogens with zero attached hydrogens (tertiary/aromatic N) is 4. The Balaban J connectivity index is 1.40. The van der Waals surface area contributed by atoms with Crippen molar-refractivity contribution in [2.45, 2.75) is 12.5 Å². The van der Waals surface area contributed by atoms with Crippen molar-refractivity contribution in [3.63, 3.8) is 0 Å². The molecule has 1 fully saturated rings. The lowest BCUT2D eigenvalue weighted by Gasteiger charge is -2.16. The Bertz CT molecular complexity index is 1130. The molecule has 26 heavy (non-hydrogen) atoms. The number of likely N-dealkylation sites (tertiary alicyclic amines) is 1. The predicted octanol–water partition coefficient (Wildman–Crippen LogP) is 3.14. The van der Waals surface area contributed by atoms with Gasteiger partial charge in [0.25, 0.3) is 5.91 Å². The lowest BCUT2D eigenvalue weighted by molar-refractivity contribution is 0.0783. The van der Waals surface area contributed by atoms with E-state index in [-0.39, 0.29) is 17.8 Å². The first kappa shape index (κ1) is 15.1. The minimum absolute atomic E-state index is 0.0681. The minimum atomic E-state index is -0.309. The summed E-state index contributed by atoms with van der Waals surface area (Å²) >= 11 is 0. The van der Waals surface area contributed by atoms with E-state index in [9.17, 15) is 9.18 Å². The molecule has 1 atom stereocenters. The van der Waals surface area contributed by atoms with Crippen LogP contribution in [0.4, 0.5) is 4.39 Å². The van der Waals surface area contributed by atoms with E-state index in [1.807, 2.05) is 21.6 Å². The third-order valence-electron chi connectivity index (χ3n) is 4.99. The molecule has 1 saturated heterocycles. The fraction of sp³-hybridized carbons (Fsp3) is 0.211. The van der Waals surface area contributed by atoms with Crippen LogP contribution in [0.2, 0.25) is 0 Å². The molecule has 0 radical (unpaired) electrons. The number of aromatic nitrogens is 4. The Morgan fingerprint density at radius 2 is 2.15 bits per heavy atom. The van der Waals surface area contributed by atoms with Crippen molar-refractivity contribution in [3.8, 4) is 0 Å². The molecular formula is C19H16FN5O. The number of imidazole rings is 1. The lowest BCUT2D eigenvalue weighted by Crippen LogP contribution is -2.29. The molecule has 4 heterocycles. The van der Waals surface area contributed by atoms with Crippen LogP contribution >= 0.6 is 0 Å². The number of pyridine rings is 1. The van der Waals surface area contributed by atoms with Crippen LogP contribution in [0.25, 0.3) is 22.1 Å². The third kappa shape index (κ3) is 2.35. The molecule has 0 aliphatic carbocycles. The van der Waals surface area contributed by atoms with Crippen molar-refractivity contribution < 1.29 is 9.18 Å². The van der Waals surface area contributed by atoms with Crippen molar-refractivity contribution in [2.75, 3.05) is 13.1 Å². The average molecular weight is 349 g/mol. The quantitative estimate of drug-likeness (QED) is 0.605. The van der Waals surface area contributed by atoms with Gasteiger partial charge in [0.2, 0.25) is 0 Å². The van der Waals surface area contributed by atoms with E-state index >= 15 is 0 Å². The topological polar surface area (TPSA) is 66.8 Å². The highest BCUT2D eigenvalue weighted by Gasteiger charge is 2.29. The van der Waals surface area contributed by atoms with Crippen molar-refractivity contribution in [1.29, 1.82) is 0 Å². The van der Waals surface area contributed by atoms with Crippen LogP contribution in [0.15, 0.2) is 48.9 Å². The molecule has 7 heteroatoms. The van der Waals surface area contributed by atoms with Crippen molar-refractivity contribution in [3.05, 3.63) is 60.4 Å². The number of halogens is 1. The van der Waals surface area contributed by atoms with Crippen molar-refractivity contribution in [2.24, 2.45) is 0 Å². The Morgan fingerprint density at radius 3 is 3.08 bits per heavy atom. The molecule has 1 N–H and O–H groups in total. The molecule has 0 saturated carbocycles. The number of H-pyrrole nitrogens is 1. The van der Waals surface area contributed by atoms with Gasteiger partial charge < -0.3 is 14.5 Å². The van der Waals surface area contributed by atoms with E-state index in [4.69, 9.17) is 0 Å². The van der Waals surface area contributed by atoms with Gasteiger partial charge in [0.15, 0.2) is 5.65 Å². The van der Waals surface area contributed by atoms with Gasteiger partial charge in [0.05, 0.1) is 12.4 Å². The zero-order valence-electron chi connectivity index (χ0n) is 13.9. The van der Waals surface area contributed by atoms with Crippen LogP contribution in [-0.2, 0) is 0 Å². The van der Waals surface area contributed by atoms with Gasteiger partial charge in [-0.05, 0) is 42.8 Å². The van der Waals surface area contributed by atoms with Crippen LogP contribution in [0, 0.1) is 5.82 Å². The summed E-state index contributed by atoms with van der Waals surface area (Å²) in [6.45, 7) is 1.27. The molecule has 1 amide bonds. The van der Waals surface area contributed by atoms with Crippen LogP contribution in [-0.4, -0.2) is 43.4 Å². The number of rotatable bonds is 2. The first-order valence-corrected chi connectivity index (χ1v) is 8.54. The Labute approximate surface area is 148 Å². The standard InChI is InChI=1S/C19H16FN5O/c20-13-3-4-15-12(8-13)9-17(23-15)19(26)24-7-5-14(10-24)25-11-22-16-2-1-6-21-18(16)25/h1-4,6,8-9,11,14,23H,5,7,10H2. The second kappa shape index (κ2) is 5.66. The molecule has 3 aromatic heterocycles. The Hall–Kier alpha value is -3.22. The number of fused-ring (bicyclic) bond motifs is 2. The molecule has 1 unspecified atom stereocenters. The molecule has 130 valence electrons.